The van der Waals surface area contributed by atoms with Crippen LogP contribution in [0, 0.1) is 6.92 Å². The van der Waals surface area contributed by atoms with Gasteiger partial charge in [0.1, 0.15) is 18.4 Å². The second-order valence-corrected chi connectivity index (χ2v) is 6.21. The molecule has 7 nitrogen and oxygen atoms in total. The van der Waals surface area contributed by atoms with Gasteiger partial charge in [-0.3, -0.25) is 4.79 Å². The Morgan fingerprint density at radius 3 is 2.71 bits per heavy atom. The van der Waals surface area contributed by atoms with Crippen LogP contribution in [0.15, 0.2) is 61.2 Å². The molecule has 0 radical (unpaired) electrons. The molecule has 7 heteroatoms. The summed E-state index contributed by atoms with van der Waals surface area (Å²) in [7, 11) is 0. The van der Waals surface area contributed by atoms with Gasteiger partial charge in [-0.25, -0.2) is 14.5 Å². The summed E-state index contributed by atoms with van der Waals surface area (Å²) in [5.41, 5.74) is 3.21. The second-order valence-electron chi connectivity index (χ2n) is 6.21. The first-order chi connectivity index (χ1) is 13.4. The molecule has 0 aliphatic rings. The number of nitrogens with zero attached hydrogens (tertiary/aromatic N) is 3. The Morgan fingerprint density at radius 2 is 2.04 bits per heavy atom. The molecule has 142 valence electrons. The Hall–Kier alpha value is -3.74. The van der Waals surface area contributed by atoms with Gasteiger partial charge in [-0.15, -0.1) is 0 Å². The zero-order valence-corrected chi connectivity index (χ0v) is 15.4. The molecule has 0 amide bonds. The Labute approximate surface area is 161 Å². The fourth-order valence-corrected chi connectivity index (χ4v) is 2.62. The van der Waals surface area contributed by atoms with E-state index >= 15 is 0 Å². The van der Waals surface area contributed by atoms with Gasteiger partial charge in [-0.05, 0) is 55.3 Å². The van der Waals surface area contributed by atoms with Crippen LogP contribution in [0.1, 0.15) is 28.4 Å². The number of carbonyl (C=O) groups is 2. The summed E-state index contributed by atoms with van der Waals surface area (Å²) in [6, 6.07) is 12.2. The average Bonchev–Trinajstić information content (AvgIpc) is 3.20. The number of benzene rings is 2. The van der Waals surface area contributed by atoms with E-state index in [0.29, 0.717) is 11.3 Å². The molecule has 1 heterocycles. The van der Waals surface area contributed by atoms with E-state index < -0.39 is 12.1 Å². The van der Waals surface area contributed by atoms with E-state index in [2.05, 4.69) is 10.1 Å². The van der Waals surface area contributed by atoms with E-state index in [0.717, 1.165) is 16.8 Å². The smallest absolute Gasteiger partial charge is 0.344 e. The first kappa shape index (κ1) is 19.0. The van der Waals surface area contributed by atoms with Gasteiger partial charge in [0.15, 0.2) is 11.9 Å². The molecule has 1 unspecified atom stereocenters. The summed E-state index contributed by atoms with van der Waals surface area (Å²) in [5, 5.41) is 13.0. The molecule has 0 spiro atoms. The van der Waals surface area contributed by atoms with Gasteiger partial charge in [-0.2, -0.15) is 5.10 Å². The molecule has 0 saturated heterocycles. The Morgan fingerprint density at radius 1 is 1.21 bits per heavy atom. The van der Waals surface area contributed by atoms with E-state index in [4.69, 9.17) is 9.84 Å². The largest absolute Gasteiger partial charge is 0.479 e. The van der Waals surface area contributed by atoms with Crippen molar-refractivity contribution in [2.24, 2.45) is 0 Å². The number of allylic oxidation sites excluding steroid dienone is 1. The number of carboxylic acids is 1. The van der Waals surface area contributed by atoms with Crippen LogP contribution in [0.5, 0.6) is 5.75 Å². The maximum atomic E-state index is 12.4. The second kappa shape index (κ2) is 8.30. The standard InChI is InChI=1S/C21H19N3O4/c1-14-10-16(6-8-19(14)24-13-22-12-23-24)7-9-20(25)17-4-3-5-18(11-17)28-15(2)21(26)27/h3-13,15H,1-2H3,(H,26,27)/b9-7+. The lowest BCUT2D eigenvalue weighted by Crippen LogP contribution is -2.22. The molecule has 28 heavy (non-hydrogen) atoms. The van der Waals surface area contributed by atoms with E-state index in [1.54, 1.807) is 35.3 Å². The number of aliphatic carboxylic acids is 1. The number of aryl methyl sites for hydroxylation is 1. The average molecular weight is 377 g/mol. The molecule has 1 atom stereocenters. The summed E-state index contributed by atoms with van der Waals surface area (Å²) in [4.78, 5) is 27.3. The quantitative estimate of drug-likeness (QED) is 0.501. The highest BCUT2D eigenvalue weighted by Gasteiger charge is 2.13. The van der Waals surface area contributed by atoms with Crippen molar-refractivity contribution in [1.82, 2.24) is 14.8 Å². The number of rotatable bonds is 7. The number of ether oxygens (including phenoxy) is 1. The van der Waals surface area contributed by atoms with Gasteiger partial charge in [0.25, 0.3) is 0 Å². The van der Waals surface area contributed by atoms with Crippen molar-refractivity contribution in [1.29, 1.82) is 0 Å². The maximum absolute atomic E-state index is 12.4. The van der Waals surface area contributed by atoms with Crippen molar-refractivity contribution in [2.75, 3.05) is 0 Å². The zero-order valence-electron chi connectivity index (χ0n) is 15.4. The minimum Gasteiger partial charge on any atom is -0.479 e. The van der Waals surface area contributed by atoms with Crippen LogP contribution < -0.4 is 4.74 Å². The van der Waals surface area contributed by atoms with Crippen LogP contribution >= 0.6 is 0 Å². The van der Waals surface area contributed by atoms with Crippen LogP contribution in [-0.4, -0.2) is 37.7 Å². The number of hydrogen-bond donors (Lipinski definition) is 1. The third-order valence-electron chi connectivity index (χ3n) is 4.09. The summed E-state index contributed by atoms with van der Waals surface area (Å²) in [5.74, 6) is -0.935. The van der Waals surface area contributed by atoms with E-state index in [1.165, 1.54) is 25.4 Å². The lowest BCUT2D eigenvalue weighted by molar-refractivity contribution is -0.144. The van der Waals surface area contributed by atoms with Gasteiger partial charge in [-0.1, -0.05) is 24.3 Å². The molecular formula is C21H19N3O4. The molecule has 0 bridgehead atoms. The van der Waals surface area contributed by atoms with Gasteiger partial charge >= 0.3 is 5.97 Å². The van der Waals surface area contributed by atoms with Gasteiger partial charge in [0.05, 0.1) is 5.69 Å². The van der Waals surface area contributed by atoms with Crippen LogP contribution in [0.4, 0.5) is 0 Å². The number of aromatic nitrogens is 3. The summed E-state index contributed by atoms with van der Waals surface area (Å²) >= 11 is 0. The van der Waals surface area contributed by atoms with Gasteiger partial charge in [0.2, 0.25) is 0 Å². The molecule has 2 aromatic carbocycles. The normalized spacial score (nSPS) is 12.1. The maximum Gasteiger partial charge on any atom is 0.344 e. The molecule has 0 aliphatic heterocycles. The lowest BCUT2D eigenvalue weighted by Gasteiger charge is -2.10. The predicted octanol–water partition coefficient (Wildman–Crippen LogP) is 3.32. The topological polar surface area (TPSA) is 94.3 Å². The van der Waals surface area contributed by atoms with Crippen molar-refractivity contribution < 1.29 is 19.4 Å². The molecule has 1 N–H and O–H groups in total. The van der Waals surface area contributed by atoms with Crippen LogP contribution in [0.2, 0.25) is 0 Å². The Kier molecular flexibility index (Phi) is 5.64. The number of ketones is 1. The summed E-state index contributed by atoms with van der Waals surface area (Å²) < 4.78 is 6.98. The van der Waals surface area contributed by atoms with Crippen LogP contribution in [0.3, 0.4) is 0 Å². The molecular weight excluding hydrogens is 358 g/mol. The van der Waals surface area contributed by atoms with E-state index in [9.17, 15) is 9.59 Å². The molecule has 0 saturated carbocycles. The van der Waals surface area contributed by atoms with Crippen molar-refractivity contribution in [3.8, 4) is 11.4 Å². The van der Waals surface area contributed by atoms with Gasteiger partial charge < -0.3 is 9.84 Å². The highest BCUT2D eigenvalue weighted by Crippen LogP contribution is 2.18. The Bertz CT molecular complexity index is 1030. The molecule has 3 rings (SSSR count). The van der Waals surface area contributed by atoms with Crippen LogP contribution in [-0.2, 0) is 4.79 Å². The van der Waals surface area contributed by atoms with Crippen molar-refractivity contribution in [2.45, 2.75) is 20.0 Å². The predicted molar refractivity (Wildman–Crippen MR) is 104 cm³/mol. The fourth-order valence-electron chi connectivity index (χ4n) is 2.62. The highest BCUT2D eigenvalue weighted by molar-refractivity contribution is 6.07. The molecule has 1 aromatic heterocycles. The minimum atomic E-state index is -1.07. The molecule has 3 aromatic rings. The Balaban J connectivity index is 1.73. The SMILES string of the molecule is Cc1cc(/C=C/C(=O)c2cccc(OC(C)C(=O)O)c2)ccc1-n1cncn1. The number of carboxylic acid groups (broad SMARTS) is 1. The number of hydrogen-bond acceptors (Lipinski definition) is 5. The highest BCUT2D eigenvalue weighted by atomic mass is 16.5. The summed E-state index contributed by atoms with van der Waals surface area (Å²) in [6.45, 7) is 3.39. The third kappa shape index (κ3) is 4.50. The first-order valence-corrected chi connectivity index (χ1v) is 8.61. The number of carbonyl (C=O) groups excluding carboxylic acids is 1. The van der Waals surface area contributed by atoms with Crippen molar-refractivity contribution >= 4 is 17.8 Å². The fraction of sp³-hybridized carbons (Fsp3) is 0.143. The van der Waals surface area contributed by atoms with E-state index in [1.807, 2.05) is 25.1 Å². The van der Waals surface area contributed by atoms with Gasteiger partial charge in [0, 0.05) is 5.56 Å². The van der Waals surface area contributed by atoms with Crippen molar-refractivity contribution in [3.05, 3.63) is 77.9 Å². The summed E-state index contributed by atoms with van der Waals surface area (Å²) in [6.07, 6.45) is 5.31. The lowest BCUT2D eigenvalue weighted by atomic mass is 10.1. The first-order valence-electron chi connectivity index (χ1n) is 8.61. The zero-order chi connectivity index (χ0) is 20.1. The minimum absolute atomic E-state index is 0.202. The van der Waals surface area contributed by atoms with E-state index in [-0.39, 0.29) is 5.78 Å². The third-order valence-corrected chi connectivity index (χ3v) is 4.09. The monoisotopic (exact) mass is 377 g/mol. The molecule has 0 aliphatic carbocycles. The molecule has 0 fully saturated rings. The van der Waals surface area contributed by atoms with Crippen LogP contribution in [0.25, 0.3) is 11.8 Å². The van der Waals surface area contributed by atoms with Crippen molar-refractivity contribution in [3.63, 3.8) is 0 Å².